The minimum absolute atomic E-state index is 0.00689. The van der Waals surface area contributed by atoms with E-state index in [-0.39, 0.29) is 17.9 Å². The lowest BCUT2D eigenvalue weighted by Gasteiger charge is -2.15. The Balaban J connectivity index is 1.67. The van der Waals surface area contributed by atoms with Gasteiger partial charge in [-0.25, -0.2) is 0 Å². The van der Waals surface area contributed by atoms with Gasteiger partial charge in [-0.15, -0.1) is 11.3 Å². The molecule has 4 nitrogen and oxygen atoms in total. The highest BCUT2D eigenvalue weighted by molar-refractivity contribution is 7.12. The van der Waals surface area contributed by atoms with Gasteiger partial charge in [0.05, 0.1) is 10.9 Å². The van der Waals surface area contributed by atoms with Crippen molar-refractivity contribution in [1.29, 1.82) is 0 Å². The summed E-state index contributed by atoms with van der Waals surface area (Å²) in [4.78, 5) is 24.5. The highest BCUT2D eigenvalue weighted by Crippen LogP contribution is 2.14. The van der Waals surface area contributed by atoms with Gasteiger partial charge in [-0.05, 0) is 42.3 Å². The molecular formula is C19H24N2O2S. The number of rotatable bonds is 8. The van der Waals surface area contributed by atoms with Gasteiger partial charge in [0.15, 0.2) is 0 Å². The first kappa shape index (κ1) is 18.2. The summed E-state index contributed by atoms with van der Waals surface area (Å²) in [6, 6.07) is 11.9. The largest absolute Gasteiger partial charge is 0.351 e. The first-order valence-corrected chi connectivity index (χ1v) is 9.18. The molecular weight excluding hydrogens is 320 g/mol. The molecule has 0 aliphatic heterocycles. The molecule has 0 saturated carbocycles. The van der Waals surface area contributed by atoms with Crippen LogP contribution in [0.1, 0.15) is 53.5 Å². The summed E-state index contributed by atoms with van der Waals surface area (Å²) in [5, 5.41) is 7.70. The van der Waals surface area contributed by atoms with Gasteiger partial charge >= 0.3 is 0 Å². The first-order valence-electron chi connectivity index (χ1n) is 8.30. The molecule has 1 aromatic heterocycles. The van der Waals surface area contributed by atoms with Gasteiger partial charge in [-0.2, -0.15) is 0 Å². The van der Waals surface area contributed by atoms with Crippen LogP contribution in [0, 0.1) is 0 Å². The molecule has 128 valence electrons. The van der Waals surface area contributed by atoms with Crippen molar-refractivity contribution >= 4 is 23.2 Å². The van der Waals surface area contributed by atoms with Gasteiger partial charge in [0.1, 0.15) is 0 Å². The Labute approximate surface area is 147 Å². The fourth-order valence-corrected chi connectivity index (χ4v) is 3.02. The number of carbonyl (C=O) groups is 2. The molecule has 0 fully saturated rings. The van der Waals surface area contributed by atoms with E-state index in [1.165, 1.54) is 16.9 Å². The van der Waals surface area contributed by atoms with Crippen molar-refractivity contribution in [3.63, 3.8) is 0 Å². The molecule has 0 radical (unpaired) electrons. The van der Waals surface area contributed by atoms with E-state index in [1.807, 2.05) is 18.4 Å². The van der Waals surface area contributed by atoms with Gasteiger partial charge in [0, 0.05) is 13.0 Å². The third kappa shape index (κ3) is 5.49. The van der Waals surface area contributed by atoms with Crippen molar-refractivity contribution < 1.29 is 9.59 Å². The summed E-state index contributed by atoms with van der Waals surface area (Å²) in [7, 11) is 0. The molecule has 1 unspecified atom stereocenters. The second-order valence-corrected chi connectivity index (χ2v) is 6.67. The lowest BCUT2D eigenvalue weighted by molar-refractivity contribution is -0.121. The molecule has 0 bridgehead atoms. The van der Waals surface area contributed by atoms with Crippen molar-refractivity contribution in [2.75, 3.05) is 6.54 Å². The third-order valence-corrected chi connectivity index (χ3v) is 4.75. The fourth-order valence-electron chi connectivity index (χ4n) is 2.38. The average Bonchev–Trinajstić information content (AvgIpc) is 3.13. The number of hydrogen-bond donors (Lipinski definition) is 2. The Hall–Kier alpha value is -2.14. The molecule has 2 N–H and O–H groups in total. The quantitative estimate of drug-likeness (QED) is 0.718. The van der Waals surface area contributed by atoms with Crippen LogP contribution in [-0.2, 0) is 11.2 Å². The SMILES string of the molecule is CCc1ccc(C(C)NC(=O)CCCNC(=O)c2cccs2)cc1. The number of carbonyl (C=O) groups excluding carboxylic acids is 2. The fraction of sp³-hybridized carbons (Fsp3) is 0.368. The molecule has 1 aromatic carbocycles. The van der Waals surface area contributed by atoms with Crippen LogP contribution in [0.4, 0.5) is 0 Å². The van der Waals surface area contributed by atoms with Crippen molar-refractivity contribution in [3.05, 3.63) is 57.8 Å². The van der Waals surface area contributed by atoms with Crippen LogP contribution in [-0.4, -0.2) is 18.4 Å². The molecule has 0 saturated heterocycles. The Kier molecular flexibility index (Phi) is 7.00. The second kappa shape index (κ2) is 9.23. The normalized spacial score (nSPS) is 11.8. The number of aryl methyl sites for hydroxylation is 1. The molecule has 2 amide bonds. The Morgan fingerprint density at radius 1 is 1.17 bits per heavy atom. The van der Waals surface area contributed by atoms with Crippen molar-refractivity contribution in [2.24, 2.45) is 0 Å². The number of amides is 2. The highest BCUT2D eigenvalue weighted by Gasteiger charge is 2.10. The summed E-state index contributed by atoms with van der Waals surface area (Å²) in [6.07, 6.45) is 2.05. The summed E-state index contributed by atoms with van der Waals surface area (Å²) in [5.41, 5.74) is 2.39. The van der Waals surface area contributed by atoms with Crippen LogP contribution in [0.2, 0.25) is 0 Å². The first-order chi connectivity index (χ1) is 11.6. The summed E-state index contributed by atoms with van der Waals surface area (Å²) in [6.45, 7) is 4.61. The van der Waals surface area contributed by atoms with Gasteiger partial charge in [-0.1, -0.05) is 37.3 Å². The van der Waals surface area contributed by atoms with Crippen LogP contribution >= 0.6 is 11.3 Å². The van der Waals surface area contributed by atoms with E-state index in [0.717, 1.165) is 12.0 Å². The molecule has 0 spiro atoms. The minimum atomic E-state index is -0.0743. The van der Waals surface area contributed by atoms with E-state index >= 15 is 0 Å². The number of nitrogens with one attached hydrogen (secondary N) is 2. The van der Waals surface area contributed by atoms with Gasteiger partial charge in [0.25, 0.3) is 5.91 Å². The molecule has 0 aliphatic carbocycles. The lowest BCUT2D eigenvalue weighted by Crippen LogP contribution is -2.28. The van der Waals surface area contributed by atoms with Gasteiger partial charge in [0.2, 0.25) is 5.91 Å². The Morgan fingerprint density at radius 2 is 1.92 bits per heavy atom. The smallest absolute Gasteiger partial charge is 0.261 e. The molecule has 1 heterocycles. The van der Waals surface area contributed by atoms with E-state index in [4.69, 9.17) is 0 Å². The van der Waals surface area contributed by atoms with E-state index in [1.54, 1.807) is 6.07 Å². The maximum absolute atomic E-state index is 12.0. The van der Waals surface area contributed by atoms with Crippen molar-refractivity contribution in [2.45, 2.75) is 39.2 Å². The summed E-state index contributed by atoms with van der Waals surface area (Å²) >= 11 is 1.41. The van der Waals surface area contributed by atoms with E-state index in [0.29, 0.717) is 24.3 Å². The van der Waals surface area contributed by atoms with E-state index in [2.05, 4.69) is 41.8 Å². The molecule has 24 heavy (non-hydrogen) atoms. The zero-order chi connectivity index (χ0) is 17.4. The monoisotopic (exact) mass is 344 g/mol. The van der Waals surface area contributed by atoms with Gasteiger partial charge < -0.3 is 10.6 Å². The van der Waals surface area contributed by atoms with Crippen LogP contribution in [0.3, 0.4) is 0 Å². The molecule has 2 rings (SSSR count). The lowest BCUT2D eigenvalue weighted by atomic mass is 10.0. The standard InChI is InChI=1S/C19H24N2O2S/c1-3-15-8-10-16(11-9-15)14(2)21-18(22)7-4-12-20-19(23)17-6-5-13-24-17/h5-6,8-11,13-14H,3-4,7,12H2,1-2H3,(H,20,23)(H,21,22). The predicted octanol–water partition coefficient (Wildman–Crippen LogP) is 3.70. The minimum Gasteiger partial charge on any atom is -0.351 e. The van der Waals surface area contributed by atoms with Crippen molar-refractivity contribution in [3.8, 4) is 0 Å². The van der Waals surface area contributed by atoms with Crippen molar-refractivity contribution in [1.82, 2.24) is 10.6 Å². The van der Waals surface area contributed by atoms with Crippen LogP contribution in [0.15, 0.2) is 41.8 Å². The Morgan fingerprint density at radius 3 is 2.54 bits per heavy atom. The van der Waals surface area contributed by atoms with Crippen LogP contribution in [0.25, 0.3) is 0 Å². The van der Waals surface area contributed by atoms with Crippen LogP contribution < -0.4 is 10.6 Å². The zero-order valence-corrected chi connectivity index (χ0v) is 15.0. The molecule has 0 aliphatic rings. The topological polar surface area (TPSA) is 58.2 Å². The molecule has 2 aromatic rings. The maximum atomic E-state index is 12.0. The van der Waals surface area contributed by atoms with E-state index in [9.17, 15) is 9.59 Å². The average molecular weight is 344 g/mol. The van der Waals surface area contributed by atoms with Crippen LogP contribution in [0.5, 0.6) is 0 Å². The number of hydrogen-bond acceptors (Lipinski definition) is 3. The summed E-state index contributed by atoms with van der Waals surface area (Å²) < 4.78 is 0. The Bertz CT molecular complexity index is 651. The number of thiophene rings is 1. The molecule has 1 atom stereocenters. The molecule has 5 heteroatoms. The highest BCUT2D eigenvalue weighted by atomic mass is 32.1. The zero-order valence-electron chi connectivity index (χ0n) is 14.2. The predicted molar refractivity (Wildman–Crippen MR) is 98.3 cm³/mol. The second-order valence-electron chi connectivity index (χ2n) is 5.72. The summed E-state index contributed by atoms with van der Waals surface area (Å²) in [5.74, 6) is -0.0674. The third-order valence-electron chi connectivity index (χ3n) is 3.88. The van der Waals surface area contributed by atoms with E-state index < -0.39 is 0 Å². The number of benzene rings is 1. The maximum Gasteiger partial charge on any atom is 0.261 e. The van der Waals surface area contributed by atoms with Gasteiger partial charge in [-0.3, -0.25) is 9.59 Å².